The maximum Gasteiger partial charge on any atom is 0.215 e. The predicted molar refractivity (Wildman–Crippen MR) is 89.5 cm³/mol. The molecule has 1 aromatic heterocycles. The standard InChI is InChI=1S/C14H20N4O2S2/c1-10(2)13-17-14(21-18-13)16-8-11-4-6-12(7-5-11)9-22(19,20)15-3/h4-7,10,15H,8-9H2,1-3H3,(H,16,17,18). The number of rotatable bonds is 7. The molecule has 0 radical (unpaired) electrons. The summed E-state index contributed by atoms with van der Waals surface area (Å²) in [4.78, 5) is 4.41. The van der Waals surface area contributed by atoms with Crippen molar-refractivity contribution in [2.45, 2.75) is 32.1 Å². The van der Waals surface area contributed by atoms with Crippen LogP contribution in [0.2, 0.25) is 0 Å². The minimum Gasteiger partial charge on any atom is -0.356 e. The van der Waals surface area contributed by atoms with Crippen molar-refractivity contribution in [3.05, 3.63) is 41.2 Å². The zero-order valence-corrected chi connectivity index (χ0v) is 14.5. The Morgan fingerprint density at radius 1 is 1.18 bits per heavy atom. The summed E-state index contributed by atoms with van der Waals surface area (Å²) in [5, 5.41) is 4.03. The first kappa shape index (κ1) is 16.9. The van der Waals surface area contributed by atoms with Crippen molar-refractivity contribution in [1.29, 1.82) is 0 Å². The maximum atomic E-state index is 11.5. The van der Waals surface area contributed by atoms with Gasteiger partial charge in [-0.05, 0) is 18.2 Å². The van der Waals surface area contributed by atoms with Gasteiger partial charge in [-0.2, -0.15) is 4.37 Å². The normalized spacial score (nSPS) is 11.8. The second-order valence-electron chi connectivity index (χ2n) is 5.25. The van der Waals surface area contributed by atoms with Crippen LogP contribution in [0.1, 0.15) is 36.7 Å². The third-order valence-electron chi connectivity index (χ3n) is 3.09. The van der Waals surface area contributed by atoms with Gasteiger partial charge in [0, 0.05) is 24.0 Å². The van der Waals surface area contributed by atoms with E-state index in [0.29, 0.717) is 12.5 Å². The lowest BCUT2D eigenvalue weighted by atomic mass is 10.1. The topological polar surface area (TPSA) is 84.0 Å². The molecule has 1 heterocycles. The van der Waals surface area contributed by atoms with Crippen LogP contribution in [0.5, 0.6) is 0 Å². The fourth-order valence-corrected chi connectivity index (χ4v) is 3.24. The summed E-state index contributed by atoms with van der Waals surface area (Å²) in [6, 6.07) is 7.48. The number of nitrogens with zero attached hydrogens (tertiary/aromatic N) is 2. The van der Waals surface area contributed by atoms with Crippen molar-refractivity contribution in [2.75, 3.05) is 12.4 Å². The molecule has 120 valence electrons. The Kier molecular flexibility index (Phi) is 5.49. The Morgan fingerprint density at radius 2 is 1.82 bits per heavy atom. The summed E-state index contributed by atoms with van der Waals surface area (Å²) < 4.78 is 29.6. The van der Waals surface area contributed by atoms with Gasteiger partial charge in [0.15, 0.2) is 0 Å². The Labute approximate surface area is 135 Å². The van der Waals surface area contributed by atoms with Gasteiger partial charge < -0.3 is 5.32 Å². The van der Waals surface area contributed by atoms with Gasteiger partial charge in [-0.3, -0.25) is 0 Å². The van der Waals surface area contributed by atoms with Gasteiger partial charge in [0.05, 0.1) is 5.75 Å². The van der Waals surface area contributed by atoms with Crippen molar-refractivity contribution in [2.24, 2.45) is 0 Å². The van der Waals surface area contributed by atoms with Crippen LogP contribution < -0.4 is 10.0 Å². The molecule has 0 amide bonds. The second-order valence-corrected chi connectivity index (χ2v) is 7.92. The lowest BCUT2D eigenvalue weighted by Crippen LogP contribution is -2.20. The molecule has 0 aliphatic rings. The van der Waals surface area contributed by atoms with Gasteiger partial charge in [-0.25, -0.2) is 18.1 Å². The molecule has 0 spiro atoms. The molecule has 0 saturated heterocycles. The van der Waals surface area contributed by atoms with Crippen LogP contribution in [0, 0.1) is 0 Å². The smallest absolute Gasteiger partial charge is 0.215 e. The van der Waals surface area contributed by atoms with Gasteiger partial charge in [0.25, 0.3) is 0 Å². The number of hydrogen-bond acceptors (Lipinski definition) is 6. The fourth-order valence-electron chi connectivity index (χ4n) is 1.76. The van der Waals surface area contributed by atoms with Gasteiger partial charge in [-0.15, -0.1) is 0 Å². The SMILES string of the molecule is CNS(=O)(=O)Cc1ccc(CNc2nc(C(C)C)ns2)cc1. The highest BCUT2D eigenvalue weighted by molar-refractivity contribution is 7.88. The average molecular weight is 340 g/mol. The van der Waals surface area contributed by atoms with E-state index in [2.05, 4.69) is 33.2 Å². The van der Waals surface area contributed by atoms with E-state index >= 15 is 0 Å². The molecular formula is C14H20N4O2S2. The third kappa shape index (κ3) is 4.75. The molecule has 6 nitrogen and oxygen atoms in total. The molecule has 2 N–H and O–H groups in total. The number of anilines is 1. The molecule has 1 aromatic carbocycles. The minimum atomic E-state index is -3.23. The van der Waals surface area contributed by atoms with Crippen LogP contribution in [-0.2, 0) is 22.3 Å². The number of hydrogen-bond donors (Lipinski definition) is 2. The summed E-state index contributed by atoms with van der Waals surface area (Å²) in [5.41, 5.74) is 1.82. The molecule has 8 heteroatoms. The second kappa shape index (κ2) is 7.17. The van der Waals surface area contributed by atoms with E-state index in [1.807, 2.05) is 24.3 Å². The zero-order valence-electron chi connectivity index (χ0n) is 12.8. The largest absolute Gasteiger partial charge is 0.356 e. The van der Waals surface area contributed by atoms with Crippen LogP contribution >= 0.6 is 11.5 Å². The predicted octanol–water partition coefficient (Wildman–Crippen LogP) is 2.32. The first-order valence-corrected chi connectivity index (χ1v) is 9.38. The molecular weight excluding hydrogens is 320 g/mol. The highest BCUT2D eigenvalue weighted by Crippen LogP contribution is 2.18. The molecule has 0 atom stereocenters. The van der Waals surface area contributed by atoms with Crippen LogP contribution in [0.3, 0.4) is 0 Å². The van der Waals surface area contributed by atoms with Crippen molar-refractivity contribution in [1.82, 2.24) is 14.1 Å². The first-order valence-electron chi connectivity index (χ1n) is 6.96. The molecule has 0 fully saturated rings. The zero-order chi connectivity index (χ0) is 16.2. The van der Waals surface area contributed by atoms with Gasteiger partial charge in [0.2, 0.25) is 15.2 Å². The number of nitrogens with one attached hydrogen (secondary N) is 2. The Balaban J connectivity index is 1.93. The van der Waals surface area contributed by atoms with Crippen LogP contribution in [0.25, 0.3) is 0 Å². The molecule has 0 bridgehead atoms. The first-order chi connectivity index (χ1) is 10.4. The quantitative estimate of drug-likeness (QED) is 0.808. The van der Waals surface area contributed by atoms with E-state index < -0.39 is 10.0 Å². The van der Waals surface area contributed by atoms with Crippen molar-refractivity contribution in [3.63, 3.8) is 0 Å². The van der Waals surface area contributed by atoms with Gasteiger partial charge >= 0.3 is 0 Å². The number of aromatic nitrogens is 2. The Morgan fingerprint density at radius 3 is 2.36 bits per heavy atom. The summed E-state index contributed by atoms with van der Waals surface area (Å²) in [6.07, 6.45) is 0. The Hall–Kier alpha value is -1.51. The molecule has 0 unspecified atom stereocenters. The highest BCUT2D eigenvalue weighted by Gasteiger charge is 2.09. The van der Waals surface area contributed by atoms with Crippen LogP contribution in [0.4, 0.5) is 5.13 Å². The van der Waals surface area contributed by atoms with Gasteiger partial charge in [-0.1, -0.05) is 38.1 Å². The van der Waals surface area contributed by atoms with Crippen LogP contribution in [0.15, 0.2) is 24.3 Å². The minimum absolute atomic E-state index is 0.00857. The summed E-state index contributed by atoms with van der Waals surface area (Å²) in [7, 11) is -1.81. The van der Waals surface area contributed by atoms with E-state index in [4.69, 9.17) is 0 Å². The van der Waals surface area contributed by atoms with Crippen molar-refractivity contribution < 1.29 is 8.42 Å². The third-order valence-corrected chi connectivity index (χ3v) is 5.11. The Bertz CT molecular complexity index is 709. The van der Waals surface area contributed by atoms with E-state index in [0.717, 1.165) is 22.1 Å². The van der Waals surface area contributed by atoms with Gasteiger partial charge in [0.1, 0.15) is 5.82 Å². The molecule has 2 rings (SSSR count). The fraction of sp³-hybridized carbons (Fsp3) is 0.429. The lowest BCUT2D eigenvalue weighted by Gasteiger charge is -2.05. The molecule has 0 saturated carbocycles. The molecule has 22 heavy (non-hydrogen) atoms. The van der Waals surface area contributed by atoms with Crippen molar-refractivity contribution >= 4 is 26.7 Å². The summed E-state index contributed by atoms with van der Waals surface area (Å²) >= 11 is 1.35. The molecule has 0 aliphatic heterocycles. The highest BCUT2D eigenvalue weighted by atomic mass is 32.2. The van der Waals surface area contributed by atoms with E-state index in [9.17, 15) is 8.42 Å². The van der Waals surface area contributed by atoms with E-state index in [-0.39, 0.29) is 5.75 Å². The van der Waals surface area contributed by atoms with E-state index in [1.165, 1.54) is 18.6 Å². The average Bonchev–Trinajstić information content (AvgIpc) is 2.95. The molecule has 0 aliphatic carbocycles. The summed E-state index contributed by atoms with van der Waals surface area (Å²) in [6.45, 7) is 4.75. The monoisotopic (exact) mass is 340 g/mol. The van der Waals surface area contributed by atoms with Crippen LogP contribution in [-0.4, -0.2) is 24.8 Å². The number of sulfonamides is 1. The number of benzene rings is 1. The van der Waals surface area contributed by atoms with Crippen molar-refractivity contribution in [3.8, 4) is 0 Å². The maximum absolute atomic E-state index is 11.5. The summed E-state index contributed by atoms with van der Waals surface area (Å²) in [5.74, 6) is 1.16. The lowest BCUT2D eigenvalue weighted by molar-refractivity contribution is 0.587. The molecule has 2 aromatic rings. The van der Waals surface area contributed by atoms with E-state index in [1.54, 1.807) is 0 Å².